The molecule has 126 valence electrons. The van der Waals surface area contributed by atoms with Crippen LogP contribution in [0, 0.1) is 0 Å². The normalized spacial score (nSPS) is 13.1. The Labute approximate surface area is 139 Å². The summed E-state index contributed by atoms with van der Waals surface area (Å²) in [5, 5.41) is 0. The lowest BCUT2D eigenvalue weighted by atomic mass is 9.91. The van der Waals surface area contributed by atoms with Crippen LogP contribution in [0.15, 0.2) is 30.3 Å². The summed E-state index contributed by atoms with van der Waals surface area (Å²) < 4.78 is 10.1. The van der Waals surface area contributed by atoms with Crippen molar-refractivity contribution in [2.24, 2.45) is 5.73 Å². The van der Waals surface area contributed by atoms with Gasteiger partial charge in [0.15, 0.2) is 0 Å². The van der Waals surface area contributed by atoms with E-state index in [1.165, 1.54) is 0 Å². The maximum absolute atomic E-state index is 12.8. The molecular weight excluding hydrogens is 304 g/mol. The lowest BCUT2D eigenvalue weighted by Crippen LogP contribution is -2.52. The standard InChI is InChI=1S/C16H26N2O3.ClH/c1-16(17,14-8-5-4-6-9-14)15(19)18(11-13-21-3)10-7-12-20-2;/h4-6,8-9H,7,10-13,17H2,1-3H3;1H. The lowest BCUT2D eigenvalue weighted by Gasteiger charge is -2.32. The fourth-order valence-electron chi connectivity index (χ4n) is 2.15. The highest BCUT2D eigenvalue weighted by molar-refractivity contribution is 5.87. The van der Waals surface area contributed by atoms with Crippen LogP contribution in [-0.4, -0.2) is 51.3 Å². The molecule has 0 saturated carbocycles. The molecule has 0 fully saturated rings. The van der Waals surface area contributed by atoms with Gasteiger partial charge in [-0.05, 0) is 18.9 Å². The van der Waals surface area contributed by atoms with Crippen molar-refractivity contribution in [1.82, 2.24) is 4.90 Å². The van der Waals surface area contributed by atoms with E-state index in [4.69, 9.17) is 15.2 Å². The Kier molecular flexibility index (Phi) is 10.0. The van der Waals surface area contributed by atoms with Crippen molar-refractivity contribution in [3.8, 4) is 0 Å². The predicted octanol–water partition coefficient (Wildman–Crippen LogP) is 1.79. The lowest BCUT2D eigenvalue weighted by molar-refractivity contribution is -0.137. The zero-order valence-electron chi connectivity index (χ0n) is 13.6. The Morgan fingerprint density at radius 2 is 1.73 bits per heavy atom. The molecule has 0 bridgehead atoms. The minimum atomic E-state index is -1.04. The second-order valence-corrected chi connectivity index (χ2v) is 5.20. The third-order valence-electron chi connectivity index (χ3n) is 3.45. The summed E-state index contributed by atoms with van der Waals surface area (Å²) >= 11 is 0. The summed E-state index contributed by atoms with van der Waals surface area (Å²) in [6.45, 7) is 3.99. The van der Waals surface area contributed by atoms with Gasteiger partial charge in [-0.1, -0.05) is 30.3 Å². The van der Waals surface area contributed by atoms with E-state index in [1.807, 2.05) is 30.3 Å². The molecule has 0 aliphatic rings. The minimum absolute atomic E-state index is 0. The quantitative estimate of drug-likeness (QED) is 0.701. The first-order valence-electron chi connectivity index (χ1n) is 7.15. The van der Waals surface area contributed by atoms with Crippen LogP contribution in [0.25, 0.3) is 0 Å². The average molecular weight is 331 g/mol. The van der Waals surface area contributed by atoms with Crippen LogP contribution in [0.4, 0.5) is 0 Å². The van der Waals surface area contributed by atoms with Gasteiger partial charge in [0.25, 0.3) is 0 Å². The monoisotopic (exact) mass is 330 g/mol. The van der Waals surface area contributed by atoms with Crippen LogP contribution in [0.2, 0.25) is 0 Å². The maximum atomic E-state index is 12.8. The molecule has 1 unspecified atom stereocenters. The SMILES string of the molecule is COCCCN(CCOC)C(=O)C(C)(N)c1ccccc1.Cl. The number of rotatable bonds is 9. The predicted molar refractivity (Wildman–Crippen MR) is 90.2 cm³/mol. The molecule has 1 aromatic rings. The van der Waals surface area contributed by atoms with E-state index < -0.39 is 5.54 Å². The topological polar surface area (TPSA) is 64.8 Å². The Morgan fingerprint density at radius 1 is 1.14 bits per heavy atom. The molecule has 1 atom stereocenters. The first-order chi connectivity index (χ1) is 10.0. The van der Waals surface area contributed by atoms with E-state index in [2.05, 4.69) is 0 Å². The third kappa shape index (κ3) is 5.93. The highest BCUT2D eigenvalue weighted by Crippen LogP contribution is 2.20. The highest BCUT2D eigenvalue weighted by atomic mass is 35.5. The fourth-order valence-corrected chi connectivity index (χ4v) is 2.15. The number of methoxy groups -OCH3 is 2. The number of benzene rings is 1. The van der Waals surface area contributed by atoms with Crippen LogP contribution >= 0.6 is 12.4 Å². The Hall–Kier alpha value is -1.14. The zero-order valence-corrected chi connectivity index (χ0v) is 14.4. The van der Waals surface area contributed by atoms with E-state index >= 15 is 0 Å². The molecule has 0 radical (unpaired) electrons. The number of nitrogens with two attached hydrogens (primary N) is 1. The number of amides is 1. The fraction of sp³-hybridized carbons (Fsp3) is 0.562. The summed E-state index contributed by atoms with van der Waals surface area (Å²) in [5.41, 5.74) is 6.06. The van der Waals surface area contributed by atoms with Crippen LogP contribution in [0.1, 0.15) is 18.9 Å². The van der Waals surface area contributed by atoms with Crippen molar-refractivity contribution in [2.45, 2.75) is 18.9 Å². The first-order valence-corrected chi connectivity index (χ1v) is 7.15. The molecule has 6 heteroatoms. The number of ether oxygens (including phenoxy) is 2. The van der Waals surface area contributed by atoms with E-state index in [-0.39, 0.29) is 18.3 Å². The van der Waals surface area contributed by atoms with Crippen molar-refractivity contribution >= 4 is 18.3 Å². The van der Waals surface area contributed by atoms with Gasteiger partial charge in [0, 0.05) is 33.9 Å². The molecule has 0 saturated heterocycles. The second-order valence-electron chi connectivity index (χ2n) is 5.20. The van der Waals surface area contributed by atoms with Crippen LogP contribution in [0.5, 0.6) is 0 Å². The third-order valence-corrected chi connectivity index (χ3v) is 3.45. The van der Waals surface area contributed by atoms with Gasteiger partial charge in [-0.3, -0.25) is 4.79 Å². The smallest absolute Gasteiger partial charge is 0.247 e. The van der Waals surface area contributed by atoms with E-state index in [0.717, 1.165) is 12.0 Å². The van der Waals surface area contributed by atoms with Gasteiger partial charge in [-0.15, -0.1) is 12.4 Å². The van der Waals surface area contributed by atoms with Crippen molar-refractivity contribution in [3.05, 3.63) is 35.9 Å². The Balaban J connectivity index is 0.00000441. The Bertz CT molecular complexity index is 427. The summed E-state index contributed by atoms with van der Waals surface area (Å²) in [6, 6.07) is 9.44. The molecule has 5 nitrogen and oxygen atoms in total. The van der Waals surface area contributed by atoms with Gasteiger partial charge in [0.1, 0.15) is 5.54 Å². The molecule has 0 aliphatic heterocycles. The van der Waals surface area contributed by atoms with Crippen LogP contribution in [-0.2, 0) is 19.8 Å². The van der Waals surface area contributed by atoms with Crippen molar-refractivity contribution < 1.29 is 14.3 Å². The number of hydrogen-bond donors (Lipinski definition) is 1. The van der Waals surface area contributed by atoms with Gasteiger partial charge >= 0.3 is 0 Å². The van der Waals surface area contributed by atoms with Gasteiger partial charge in [0.05, 0.1) is 6.61 Å². The molecule has 1 amide bonds. The molecule has 0 spiro atoms. The van der Waals surface area contributed by atoms with E-state index in [9.17, 15) is 4.79 Å². The molecule has 2 N–H and O–H groups in total. The number of hydrogen-bond acceptors (Lipinski definition) is 4. The van der Waals surface area contributed by atoms with Crippen LogP contribution in [0.3, 0.4) is 0 Å². The van der Waals surface area contributed by atoms with Gasteiger partial charge in [0.2, 0.25) is 5.91 Å². The zero-order chi connectivity index (χ0) is 15.7. The largest absolute Gasteiger partial charge is 0.385 e. The van der Waals surface area contributed by atoms with Gasteiger partial charge < -0.3 is 20.1 Å². The number of halogens is 1. The average Bonchev–Trinajstić information content (AvgIpc) is 2.51. The van der Waals surface area contributed by atoms with Crippen molar-refractivity contribution in [3.63, 3.8) is 0 Å². The van der Waals surface area contributed by atoms with Crippen molar-refractivity contribution in [2.75, 3.05) is 40.5 Å². The number of carbonyl (C=O) groups excluding carboxylic acids is 1. The van der Waals surface area contributed by atoms with E-state index in [1.54, 1.807) is 26.0 Å². The summed E-state index contributed by atoms with van der Waals surface area (Å²) in [5.74, 6) is -0.0955. The van der Waals surface area contributed by atoms with Crippen molar-refractivity contribution in [1.29, 1.82) is 0 Å². The summed E-state index contributed by atoms with van der Waals surface area (Å²) in [4.78, 5) is 14.5. The molecule has 1 rings (SSSR count). The first kappa shape index (κ1) is 20.9. The molecule has 0 aromatic heterocycles. The second kappa shape index (κ2) is 10.6. The Morgan fingerprint density at radius 3 is 2.27 bits per heavy atom. The molecule has 0 heterocycles. The van der Waals surface area contributed by atoms with Gasteiger partial charge in [-0.25, -0.2) is 0 Å². The van der Waals surface area contributed by atoms with Crippen LogP contribution < -0.4 is 5.73 Å². The summed E-state index contributed by atoms with van der Waals surface area (Å²) in [7, 11) is 3.27. The number of nitrogens with zero attached hydrogens (tertiary/aromatic N) is 1. The summed E-state index contributed by atoms with van der Waals surface area (Å²) in [6.07, 6.45) is 0.775. The maximum Gasteiger partial charge on any atom is 0.247 e. The minimum Gasteiger partial charge on any atom is -0.385 e. The molecule has 0 aliphatic carbocycles. The highest BCUT2D eigenvalue weighted by Gasteiger charge is 2.34. The molecule has 22 heavy (non-hydrogen) atoms. The number of carbonyl (C=O) groups is 1. The molecular formula is C16H27ClN2O3. The van der Waals surface area contributed by atoms with E-state index in [0.29, 0.717) is 26.3 Å². The molecule has 1 aromatic carbocycles. The van der Waals surface area contributed by atoms with Gasteiger partial charge in [-0.2, -0.15) is 0 Å².